The van der Waals surface area contributed by atoms with E-state index in [4.69, 9.17) is 15.0 Å². The van der Waals surface area contributed by atoms with E-state index in [0.717, 1.165) is 27.8 Å². The first kappa shape index (κ1) is 35.2. The molecule has 0 unspecified atom stereocenters. The first-order valence-corrected chi connectivity index (χ1v) is 21.4. The molecule has 0 bridgehead atoms. The molecule has 12 aromatic rings. The molecular formula is C57H35N3S. The zero-order valence-corrected chi connectivity index (χ0v) is 33.8. The normalized spacial score (nSPS) is 11.6. The molecule has 0 saturated heterocycles. The second kappa shape index (κ2) is 14.5. The largest absolute Gasteiger partial charge is 0.208 e. The number of rotatable bonds is 6. The molecule has 0 fully saturated rings. The van der Waals surface area contributed by atoms with Crippen molar-refractivity contribution in [2.24, 2.45) is 0 Å². The molecule has 0 saturated carbocycles. The first-order chi connectivity index (χ1) is 30.2. The van der Waals surface area contributed by atoms with Crippen LogP contribution in [0.1, 0.15) is 0 Å². The number of benzene rings is 10. The van der Waals surface area contributed by atoms with Crippen LogP contribution in [0.15, 0.2) is 212 Å². The monoisotopic (exact) mass is 793 g/mol. The summed E-state index contributed by atoms with van der Waals surface area (Å²) >= 11 is 1.89. The second-order valence-electron chi connectivity index (χ2n) is 15.5. The van der Waals surface area contributed by atoms with Gasteiger partial charge in [0.15, 0.2) is 17.5 Å². The summed E-state index contributed by atoms with van der Waals surface area (Å²) in [5.74, 6) is 1.95. The molecule has 3 nitrogen and oxygen atoms in total. The number of fused-ring (bicyclic) bond motifs is 8. The van der Waals surface area contributed by atoms with Crippen LogP contribution in [0, 0.1) is 0 Å². The molecule has 0 aliphatic rings. The van der Waals surface area contributed by atoms with Gasteiger partial charge in [-0.3, -0.25) is 0 Å². The smallest absolute Gasteiger partial charge is 0.164 e. The standard InChI is InChI=1S/C57H35N3S/c1-3-16-36(17-4-1)55-58-56(37-18-5-2-6-19-37)60-57(59-55)42-24-14-22-39(33-42)38-21-13-23-40(32-38)44-30-15-31-49-53-48-29-12-11-28-47(48)51(35-52(53)61-54(44)49)50-34-41-20-7-8-25-43(41)45-26-9-10-27-46(45)50/h1-35H. The van der Waals surface area contributed by atoms with Crippen molar-refractivity contribution in [3.05, 3.63) is 212 Å². The van der Waals surface area contributed by atoms with Gasteiger partial charge in [-0.25, -0.2) is 15.0 Å². The molecule has 284 valence electrons. The van der Waals surface area contributed by atoms with Crippen LogP contribution in [0.25, 0.3) is 120 Å². The summed E-state index contributed by atoms with van der Waals surface area (Å²) in [5, 5.41) is 10.3. The van der Waals surface area contributed by atoms with E-state index in [0.29, 0.717) is 17.5 Å². The molecule has 0 atom stereocenters. The number of hydrogen-bond donors (Lipinski definition) is 0. The Labute approximate surface area is 356 Å². The molecule has 0 aliphatic carbocycles. The van der Waals surface area contributed by atoms with E-state index in [1.807, 2.05) is 72.0 Å². The molecule has 4 heteroatoms. The average molecular weight is 794 g/mol. The molecular weight excluding hydrogens is 759 g/mol. The second-order valence-corrected chi connectivity index (χ2v) is 16.6. The summed E-state index contributed by atoms with van der Waals surface area (Å²) in [6, 6.07) is 75.9. The zero-order chi connectivity index (χ0) is 40.3. The SMILES string of the molecule is c1ccc(-c2nc(-c3ccccc3)nc(-c3cccc(-c4cccc(-c5cccc6c5sc5cc(-c7cc8ccccc8c8ccccc78)c7ccccc7c56)c4)c3)n2)cc1. The van der Waals surface area contributed by atoms with Gasteiger partial charge in [-0.05, 0) is 90.0 Å². The lowest BCUT2D eigenvalue weighted by Crippen LogP contribution is -2.00. The highest BCUT2D eigenvalue weighted by Gasteiger charge is 2.19. The van der Waals surface area contributed by atoms with Gasteiger partial charge in [0.25, 0.3) is 0 Å². The van der Waals surface area contributed by atoms with Crippen molar-refractivity contribution in [2.75, 3.05) is 0 Å². The summed E-state index contributed by atoms with van der Waals surface area (Å²) in [6.07, 6.45) is 0. The van der Waals surface area contributed by atoms with Crippen molar-refractivity contribution in [2.45, 2.75) is 0 Å². The van der Waals surface area contributed by atoms with Crippen LogP contribution < -0.4 is 0 Å². The minimum atomic E-state index is 0.643. The van der Waals surface area contributed by atoms with E-state index in [-0.39, 0.29) is 0 Å². The maximum atomic E-state index is 5.01. The molecule has 0 N–H and O–H groups in total. The Kier molecular flexibility index (Phi) is 8.36. The van der Waals surface area contributed by atoms with Crippen LogP contribution in [-0.2, 0) is 0 Å². The number of aromatic nitrogens is 3. The Hall–Kier alpha value is -7.79. The van der Waals surface area contributed by atoms with Crippen molar-refractivity contribution in [1.29, 1.82) is 0 Å². The van der Waals surface area contributed by atoms with E-state index in [1.54, 1.807) is 0 Å². The highest BCUT2D eigenvalue weighted by molar-refractivity contribution is 7.26. The highest BCUT2D eigenvalue weighted by atomic mass is 32.1. The molecule has 61 heavy (non-hydrogen) atoms. The van der Waals surface area contributed by atoms with Crippen molar-refractivity contribution < 1.29 is 0 Å². The van der Waals surface area contributed by atoms with Gasteiger partial charge in [0.1, 0.15) is 0 Å². The molecule has 2 aromatic heterocycles. The third-order valence-corrected chi connectivity index (χ3v) is 13.1. The Bertz CT molecular complexity index is 3590. The van der Waals surface area contributed by atoms with Crippen LogP contribution in [0.2, 0.25) is 0 Å². The van der Waals surface area contributed by atoms with Gasteiger partial charge in [0.2, 0.25) is 0 Å². The van der Waals surface area contributed by atoms with Crippen LogP contribution in [0.5, 0.6) is 0 Å². The highest BCUT2D eigenvalue weighted by Crippen LogP contribution is 2.47. The van der Waals surface area contributed by atoms with E-state index < -0.39 is 0 Å². The Morgan fingerprint density at radius 1 is 0.279 bits per heavy atom. The molecule has 0 amide bonds. The van der Waals surface area contributed by atoms with E-state index >= 15 is 0 Å². The predicted octanol–water partition coefficient (Wildman–Crippen LogP) is 15.7. The number of nitrogens with zero attached hydrogens (tertiary/aromatic N) is 3. The fourth-order valence-corrected chi connectivity index (χ4v) is 10.3. The molecule has 0 aliphatic heterocycles. The lowest BCUT2D eigenvalue weighted by atomic mass is 9.89. The fraction of sp³-hybridized carbons (Fsp3) is 0. The van der Waals surface area contributed by atoms with E-state index in [9.17, 15) is 0 Å². The molecule has 10 aromatic carbocycles. The topological polar surface area (TPSA) is 38.7 Å². The summed E-state index contributed by atoms with van der Waals surface area (Å²) in [6.45, 7) is 0. The predicted molar refractivity (Wildman–Crippen MR) is 258 cm³/mol. The van der Waals surface area contributed by atoms with Crippen LogP contribution >= 0.6 is 11.3 Å². The number of hydrogen-bond acceptors (Lipinski definition) is 4. The van der Waals surface area contributed by atoms with Gasteiger partial charge < -0.3 is 0 Å². The summed E-state index contributed by atoms with van der Waals surface area (Å²) in [4.78, 5) is 14.9. The van der Waals surface area contributed by atoms with E-state index in [2.05, 4.69) is 152 Å². The van der Waals surface area contributed by atoms with Gasteiger partial charge in [0, 0.05) is 36.9 Å². The van der Waals surface area contributed by atoms with Crippen molar-refractivity contribution in [1.82, 2.24) is 15.0 Å². The molecule has 0 radical (unpaired) electrons. The van der Waals surface area contributed by atoms with Crippen molar-refractivity contribution in [3.63, 3.8) is 0 Å². The average Bonchev–Trinajstić information content (AvgIpc) is 3.73. The van der Waals surface area contributed by atoms with Gasteiger partial charge in [-0.15, -0.1) is 11.3 Å². The van der Waals surface area contributed by atoms with Gasteiger partial charge >= 0.3 is 0 Å². The minimum Gasteiger partial charge on any atom is -0.208 e. The lowest BCUT2D eigenvalue weighted by molar-refractivity contribution is 1.07. The van der Waals surface area contributed by atoms with Gasteiger partial charge in [-0.2, -0.15) is 0 Å². The van der Waals surface area contributed by atoms with Crippen LogP contribution in [-0.4, -0.2) is 15.0 Å². The molecule has 12 rings (SSSR count). The lowest BCUT2D eigenvalue weighted by Gasteiger charge is -2.14. The molecule has 2 heterocycles. The van der Waals surface area contributed by atoms with Crippen molar-refractivity contribution >= 4 is 63.8 Å². The van der Waals surface area contributed by atoms with E-state index in [1.165, 1.54) is 74.7 Å². The summed E-state index contributed by atoms with van der Waals surface area (Å²) in [5.41, 5.74) is 10.0. The van der Waals surface area contributed by atoms with Crippen molar-refractivity contribution in [3.8, 4) is 67.5 Å². The number of thiophene rings is 1. The summed E-state index contributed by atoms with van der Waals surface area (Å²) in [7, 11) is 0. The molecule has 0 spiro atoms. The fourth-order valence-electron chi connectivity index (χ4n) is 9.03. The zero-order valence-electron chi connectivity index (χ0n) is 33.0. The van der Waals surface area contributed by atoms with Crippen LogP contribution in [0.3, 0.4) is 0 Å². The maximum Gasteiger partial charge on any atom is 0.164 e. The Balaban J connectivity index is 0.984. The van der Waals surface area contributed by atoms with Gasteiger partial charge in [-0.1, -0.05) is 188 Å². The Morgan fingerprint density at radius 3 is 1.43 bits per heavy atom. The third kappa shape index (κ3) is 6.07. The third-order valence-electron chi connectivity index (χ3n) is 11.9. The summed E-state index contributed by atoms with van der Waals surface area (Å²) < 4.78 is 2.58. The van der Waals surface area contributed by atoms with Crippen LogP contribution in [0.4, 0.5) is 0 Å². The quantitative estimate of drug-likeness (QED) is 0.157. The Morgan fingerprint density at radius 2 is 0.738 bits per heavy atom. The first-order valence-electron chi connectivity index (χ1n) is 20.6. The van der Waals surface area contributed by atoms with Gasteiger partial charge in [0.05, 0.1) is 0 Å². The maximum absolute atomic E-state index is 5.01. The minimum absolute atomic E-state index is 0.643.